The molecule has 6 rings (SSSR count). The Morgan fingerprint density at radius 3 is 2.46 bits per heavy atom. The van der Waals surface area contributed by atoms with Gasteiger partial charge >= 0.3 is 12.1 Å². The van der Waals surface area contributed by atoms with Crippen molar-refractivity contribution >= 4 is 17.4 Å². The molecule has 0 spiro atoms. The number of ether oxygens (including phenoxy) is 2. The predicted molar refractivity (Wildman–Crippen MR) is 162 cm³/mol. The third-order valence-corrected chi connectivity index (χ3v) is 7.53. The van der Waals surface area contributed by atoms with Gasteiger partial charge in [0.25, 0.3) is 0 Å². The fourth-order valence-corrected chi connectivity index (χ4v) is 5.59. The quantitative estimate of drug-likeness (QED) is 0.140. The zero-order chi connectivity index (χ0) is 32.8. The SMILES string of the molecule is Cc1nc2ccc(CC(=O)c3cccc(-n4nc(C(F)(F)F)c5c4C(Oc4ccc(C(=O)OC(C)(C)C)cc4)CCC5)c3)cn2n1. The molecule has 3 heterocycles. The highest BCUT2D eigenvalue weighted by Crippen LogP contribution is 2.42. The van der Waals surface area contributed by atoms with Crippen LogP contribution in [0.3, 0.4) is 0 Å². The molecule has 1 aliphatic rings. The van der Waals surface area contributed by atoms with Crippen LogP contribution in [0, 0.1) is 6.92 Å². The summed E-state index contributed by atoms with van der Waals surface area (Å²) in [4.78, 5) is 30.1. The van der Waals surface area contributed by atoms with Gasteiger partial charge in [-0.05, 0) is 95.0 Å². The van der Waals surface area contributed by atoms with E-state index in [-0.39, 0.29) is 29.9 Å². The van der Waals surface area contributed by atoms with Crippen LogP contribution in [0.2, 0.25) is 0 Å². The molecule has 46 heavy (non-hydrogen) atoms. The molecule has 1 aliphatic carbocycles. The Balaban J connectivity index is 1.30. The number of alkyl halides is 3. The molecule has 9 nitrogen and oxygen atoms in total. The molecule has 0 saturated carbocycles. The number of aromatic nitrogens is 5. The highest BCUT2D eigenvalue weighted by atomic mass is 19.4. The summed E-state index contributed by atoms with van der Waals surface area (Å²) in [7, 11) is 0. The number of hydrogen-bond donors (Lipinski definition) is 0. The summed E-state index contributed by atoms with van der Waals surface area (Å²) in [6.07, 6.45) is -2.53. The first-order valence-electron chi connectivity index (χ1n) is 14.9. The zero-order valence-electron chi connectivity index (χ0n) is 25.8. The summed E-state index contributed by atoms with van der Waals surface area (Å²) in [6.45, 7) is 7.09. The van der Waals surface area contributed by atoms with Crippen molar-refractivity contribution in [2.75, 3.05) is 0 Å². The third-order valence-electron chi connectivity index (χ3n) is 7.53. The Morgan fingerprint density at radius 2 is 1.74 bits per heavy atom. The molecule has 5 aromatic rings. The lowest BCUT2D eigenvalue weighted by molar-refractivity contribution is -0.142. The molecule has 0 saturated heterocycles. The average molecular weight is 632 g/mol. The van der Waals surface area contributed by atoms with Crippen molar-refractivity contribution in [1.29, 1.82) is 0 Å². The first kappa shape index (κ1) is 31.0. The van der Waals surface area contributed by atoms with Gasteiger partial charge in [-0.1, -0.05) is 18.2 Å². The minimum atomic E-state index is -4.68. The standard InChI is InChI=1S/C34H32F3N5O4/c1-20-38-29-16-11-21(19-41(29)39-20)17-27(43)23-7-5-8-24(18-23)42-30-26(31(40-42)34(35,36)37)9-6-10-28(30)45-25-14-12-22(13-15-25)32(44)46-33(2,3)4/h5,7-8,11-16,18-19,28H,6,9-10,17H2,1-4H3. The number of halogens is 3. The highest BCUT2D eigenvalue weighted by molar-refractivity contribution is 5.98. The average Bonchev–Trinajstić information content (AvgIpc) is 3.57. The van der Waals surface area contributed by atoms with Gasteiger partial charge in [-0.25, -0.2) is 19.0 Å². The number of Topliss-reactive ketones (excluding diaryl/α,β-unsaturated/α-hetero) is 1. The molecule has 1 atom stereocenters. The van der Waals surface area contributed by atoms with Crippen molar-refractivity contribution in [2.24, 2.45) is 0 Å². The van der Waals surface area contributed by atoms with E-state index >= 15 is 0 Å². The maximum Gasteiger partial charge on any atom is 0.435 e. The molecule has 3 aromatic heterocycles. The van der Waals surface area contributed by atoms with Crippen LogP contribution in [0.4, 0.5) is 13.2 Å². The van der Waals surface area contributed by atoms with E-state index in [9.17, 15) is 22.8 Å². The fourth-order valence-electron chi connectivity index (χ4n) is 5.59. The van der Waals surface area contributed by atoms with Crippen molar-refractivity contribution in [3.8, 4) is 11.4 Å². The van der Waals surface area contributed by atoms with Crippen LogP contribution in [0.25, 0.3) is 11.3 Å². The van der Waals surface area contributed by atoms with Crippen molar-refractivity contribution in [2.45, 2.75) is 71.3 Å². The Labute approximate surface area is 263 Å². The number of aryl methyl sites for hydroxylation is 1. The van der Waals surface area contributed by atoms with Gasteiger partial charge in [0.1, 0.15) is 23.3 Å². The summed E-state index contributed by atoms with van der Waals surface area (Å²) in [5.41, 5.74) is 1.08. The van der Waals surface area contributed by atoms with E-state index in [2.05, 4.69) is 15.2 Å². The molecule has 1 unspecified atom stereocenters. The van der Waals surface area contributed by atoms with Gasteiger partial charge in [0.05, 0.1) is 16.9 Å². The second kappa shape index (κ2) is 11.7. The molecule has 2 aromatic carbocycles. The van der Waals surface area contributed by atoms with Crippen molar-refractivity contribution in [3.05, 3.63) is 106 Å². The summed E-state index contributed by atoms with van der Waals surface area (Å²) in [5.74, 6) is 0.287. The first-order chi connectivity index (χ1) is 21.7. The monoisotopic (exact) mass is 631 g/mol. The molecule has 0 fully saturated rings. The topological polar surface area (TPSA) is 101 Å². The molecule has 238 valence electrons. The second-order valence-corrected chi connectivity index (χ2v) is 12.3. The number of rotatable bonds is 7. The molecule has 12 heteroatoms. The van der Waals surface area contributed by atoms with E-state index in [4.69, 9.17) is 9.47 Å². The Bertz CT molecular complexity index is 1940. The molecular formula is C34H32F3N5O4. The largest absolute Gasteiger partial charge is 0.484 e. The van der Waals surface area contributed by atoms with E-state index < -0.39 is 29.5 Å². The lowest BCUT2D eigenvalue weighted by atomic mass is 9.92. The molecule has 0 amide bonds. The molecule has 0 aliphatic heterocycles. The van der Waals surface area contributed by atoms with Gasteiger partial charge in [0.15, 0.2) is 17.1 Å². The number of benzene rings is 2. The van der Waals surface area contributed by atoms with E-state index in [1.165, 1.54) is 4.68 Å². The van der Waals surface area contributed by atoms with Crippen LogP contribution in [0.1, 0.15) is 88.8 Å². The smallest absolute Gasteiger partial charge is 0.435 e. The molecule has 0 radical (unpaired) electrons. The van der Waals surface area contributed by atoms with Crippen molar-refractivity contribution in [1.82, 2.24) is 24.4 Å². The lowest BCUT2D eigenvalue weighted by Gasteiger charge is -2.26. The molecule has 0 bridgehead atoms. The van der Waals surface area contributed by atoms with Crippen molar-refractivity contribution in [3.63, 3.8) is 0 Å². The summed E-state index contributed by atoms with van der Waals surface area (Å²) in [5, 5.41) is 8.33. The zero-order valence-corrected chi connectivity index (χ0v) is 25.8. The van der Waals surface area contributed by atoms with Crippen LogP contribution < -0.4 is 4.74 Å². The van der Waals surface area contributed by atoms with Gasteiger partial charge < -0.3 is 9.47 Å². The molecule has 0 N–H and O–H groups in total. The Kier molecular flexibility index (Phi) is 7.91. The van der Waals surface area contributed by atoms with Gasteiger partial charge in [0.2, 0.25) is 0 Å². The number of nitrogens with zero attached hydrogens (tertiary/aromatic N) is 5. The number of pyridine rings is 1. The maximum absolute atomic E-state index is 14.2. The van der Waals surface area contributed by atoms with E-state index in [1.54, 1.807) is 99.1 Å². The van der Waals surface area contributed by atoms with Crippen LogP contribution in [-0.4, -0.2) is 41.7 Å². The number of ketones is 1. The van der Waals surface area contributed by atoms with Crippen LogP contribution in [0.5, 0.6) is 5.75 Å². The van der Waals surface area contributed by atoms with E-state index in [1.807, 2.05) is 0 Å². The Hall–Kier alpha value is -5.00. The first-order valence-corrected chi connectivity index (χ1v) is 14.9. The van der Waals surface area contributed by atoms with Gasteiger partial charge in [-0.2, -0.15) is 23.4 Å². The molecular weight excluding hydrogens is 599 g/mol. The maximum atomic E-state index is 14.2. The third kappa shape index (κ3) is 6.51. The number of esters is 1. The summed E-state index contributed by atoms with van der Waals surface area (Å²) in [6, 6.07) is 16.3. The number of fused-ring (bicyclic) bond motifs is 2. The lowest BCUT2D eigenvalue weighted by Crippen LogP contribution is -2.23. The minimum Gasteiger partial charge on any atom is -0.484 e. The van der Waals surface area contributed by atoms with E-state index in [0.717, 1.165) is 5.56 Å². The number of carbonyl (C=O) groups excluding carboxylic acids is 2. The fraction of sp³-hybridized carbons (Fsp3) is 0.324. The van der Waals surface area contributed by atoms with Crippen LogP contribution >= 0.6 is 0 Å². The minimum absolute atomic E-state index is 0.0638. The van der Waals surface area contributed by atoms with Gasteiger partial charge in [-0.15, -0.1) is 0 Å². The van der Waals surface area contributed by atoms with E-state index in [0.29, 0.717) is 46.9 Å². The predicted octanol–water partition coefficient (Wildman–Crippen LogP) is 7.08. The van der Waals surface area contributed by atoms with Crippen LogP contribution in [0.15, 0.2) is 66.9 Å². The second-order valence-electron chi connectivity index (χ2n) is 12.3. The van der Waals surface area contributed by atoms with Crippen molar-refractivity contribution < 1.29 is 32.2 Å². The summed E-state index contributed by atoms with van der Waals surface area (Å²) >= 11 is 0. The number of hydrogen-bond acceptors (Lipinski definition) is 7. The van der Waals surface area contributed by atoms with Gasteiger partial charge in [0, 0.05) is 23.7 Å². The number of carbonyl (C=O) groups is 2. The summed E-state index contributed by atoms with van der Waals surface area (Å²) < 4.78 is 57.2. The van der Waals surface area contributed by atoms with Crippen LogP contribution in [-0.2, 0) is 23.8 Å². The normalized spacial score (nSPS) is 15.1. The highest BCUT2D eigenvalue weighted by Gasteiger charge is 2.42. The Morgan fingerprint density at radius 1 is 0.978 bits per heavy atom. The van der Waals surface area contributed by atoms with Gasteiger partial charge in [-0.3, -0.25) is 4.79 Å².